The first-order valence-electron chi connectivity index (χ1n) is 22.7. The normalized spacial score (nSPS) is 14.2. The smallest absolute Gasteiger partial charge is 0.0159 e. The van der Waals surface area contributed by atoms with Crippen LogP contribution in [0.3, 0.4) is 0 Å². The van der Waals surface area contributed by atoms with E-state index in [0.717, 1.165) is 0 Å². The Balaban J connectivity index is 1.15. The molecule has 0 unspecified atom stereocenters. The zero-order chi connectivity index (χ0) is 42.9. The van der Waals surface area contributed by atoms with Gasteiger partial charge < -0.3 is 0 Å². The Morgan fingerprint density at radius 2 is 0.719 bits per heavy atom. The van der Waals surface area contributed by atoms with Crippen LogP contribution in [-0.4, -0.2) is 0 Å². The van der Waals surface area contributed by atoms with Crippen molar-refractivity contribution >= 4 is 43.1 Å². The summed E-state index contributed by atoms with van der Waals surface area (Å²) >= 11 is 0. The molecule has 0 spiro atoms. The van der Waals surface area contributed by atoms with Gasteiger partial charge in [0, 0.05) is 10.8 Å². The van der Waals surface area contributed by atoms with Gasteiger partial charge in [-0.25, -0.2) is 0 Å². The third kappa shape index (κ3) is 5.29. The molecule has 0 atom stereocenters. The molecule has 0 fully saturated rings. The minimum absolute atomic E-state index is 0.146. The lowest BCUT2D eigenvalue weighted by Gasteiger charge is -2.26. The highest BCUT2D eigenvalue weighted by atomic mass is 14.4. The summed E-state index contributed by atoms with van der Waals surface area (Å²) in [4.78, 5) is 0. The first-order chi connectivity index (χ1) is 31.2. The maximum Gasteiger partial charge on any atom is 0.0159 e. The molecule has 0 radical (unpaired) electrons. The second kappa shape index (κ2) is 13.5. The maximum absolute atomic E-state index is 2.59. The van der Waals surface area contributed by atoms with Gasteiger partial charge >= 0.3 is 0 Å². The molecule has 11 aromatic rings. The molecule has 0 heterocycles. The van der Waals surface area contributed by atoms with E-state index < -0.39 is 0 Å². The molecular weight excluding hydrogens is 769 g/mol. The van der Waals surface area contributed by atoms with Gasteiger partial charge in [0.15, 0.2) is 0 Å². The molecule has 13 rings (SSSR count). The summed E-state index contributed by atoms with van der Waals surface area (Å²) in [5.74, 6) is 0. The number of benzene rings is 11. The van der Waals surface area contributed by atoms with E-state index in [4.69, 9.17) is 0 Å². The molecule has 0 aliphatic heterocycles. The van der Waals surface area contributed by atoms with Crippen LogP contribution in [0.15, 0.2) is 206 Å². The summed E-state index contributed by atoms with van der Waals surface area (Å²) < 4.78 is 0. The highest BCUT2D eigenvalue weighted by Crippen LogP contribution is 2.57. The van der Waals surface area contributed by atoms with E-state index in [1.807, 2.05) is 0 Å². The van der Waals surface area contributed by atoms with Gasteiger partial charge in [-0.1, -0.05) is 198 Å². The van der Waals surface area contributed by atoms with Gasteiger partial charge in [0.1, 0.15) is 0 Å². The van der Waals surface area contributed by atoms with Crippen LogP contribution in [0.25, 0.3) is 110 Å². The van der Waals surface area contributed by atoms with E-state index in [-0.39, 0.29) is 10.8 Å². The predicted molar refractivity (Wildman–Crippen MR) is 273 cm³/mol. The monoisotopic (exact) mass is 814 g/mol. The Bertz CT molecular complexity index is 3740. The number of hydrogen-bond donors (Lipinski definition) is 0. The van der Waals surface area contributed by atoms with Gasteiger partial charge in [-0.05, 0) is 169 Å². The fourth-order valence-electron chi connectivity index (χ4n) is 11.7. The largest absolute Gasteiger partial charge is 0.0622 e. The summed E-state index contributed by atoms with van der Waals surface area (Å²) in [6.45, 7) is 9.68. The Morgan fingerprint density at radius 1 is 0.234 bits per heavy atom. The summed E-state index contributed by atoms with van der Waals surface area (Å²) in [6, 6.07) is 78.0. The molecular formula is C64H46. The van der Waals surface area contributed by atoms with Crippen molar-refractivity contribution in [1.29, 1.82) is 0 Å². The Morgan fingerprint density at radius 3 is 1.47 bits per heavy atom. The fraction of sp³-hybridized carbons (Fsp3) is 0.0938. The average molecular weight is 815 g/mol. The minimum atomic E-state index is -0.226. The lowest BCUT2D eigenvalue weighted by molar-refractivity contribution is 0.661. The third-order valence-electron chi connectivity index (χ3n) is 15.0. The molecule has 2 aliphatic carbocycles. The first-order valence-corrected chi connectivity index (χ1v) is 22.7. The Hall–Kier alpha value is -7.54. The van der Waals surface area contributed by atoms with Crippen LogP contribution in [-0.2, 0) is 10.8 Å². The van der Waals surface area contributed by atoms with Crippen LogP contribution in [0.1, 0.15) is 49.9 Å². The lowest BCUT2D eigenvalue weighted by atomic mass is 9.77. The van der Waals surface area contributed by atoms with Crippen molar-refractivity contribution in [2.45, 2.75) is 38.5 Å². The zero-order valence-corrected chi connectivity index (χ0v) is 36.6. The van der Waals surface area contributed by atoms with Crippen LogP contribution < -0.4 is 0 Å². The van der Waals surface area contributed by atoms with Crippen molar-refractivity contribution in [2.75, 3.05) is 0 Å². The first kappa shape index (κ1) is 37.1. The molecule has 0 saturated carbocycles. The van der Waals surface area contributed by atoms with Crippen LogP contribution in [0.2, 0.25) is 0 Å². The summed E-state index contributed by atoms with van der Waals surface area (Å²) in [5, 5.41) is 10.2. The molecule has 302 valence electrons. The van der Waals surface area contributed by atoms with Crippen LogP contribution in [0, 0.1) is 0 Å². The highest BCUT2D eigenvalue weighted by Gasteiger charge is 2.39. The van der Waals surface area contributed by atoms with Crippen molar-refractivity contribution in [2.24, 2.45) is 0 Å². The van der Waals surface area contributed by atoms with Crippen LogP contribution >= 0.6 is 0 Å². The molecule has 0 saturated heterocycles. The topological polar surface area (TPSA) is 0 Å². The van der Waals surface area contributed by atoms with Crippen molar-refractivity contribution in [3.63, 3.8) is 0 Å². The average Bonchev–Trinajstić information content (AvgIpc) is 3.70. The van der Waals surface area contributed by atoms with Gasteiger partial charge in [0.2, 0.25) is 0 Å². The third-order valence-corrected chi connectivity index (χ3v) is 15.0. The second-order valence-corrected chi connectivity index (χ2v) is 19.2. The molecule has 0 bridgehead atoms. The molecule has 0 amide bonds. The van der Waals surface area contributed by atoms with Crippen LogP contribution in [0.4, 0.5) is 0 Å². The maximum atomic E-state index is 2.59. The number of rotatable bonds is 4. The Kier molecular flexibility index (Phi) is 7.80. The fourth-order valence-corrected chi connectivity index (χ4v) is 11.7. The molecule has 64 heavy (non-hydrogen) atoms. The van der Waals surface area contributed by atoms with Crippen LogP contribution in [0.5, 0.6) is 0 Å². The molecule has 0 aromatic heterocycles. The van der Waals surface area contributed by atoms with Crippen molar-refractivity contribution in [1.82, 2.24) is 0 Å². The SMILES string of the molecule is CC1(C)c2ccccc2-c2cc3c(-c4ccc(-c5ccccc5)cc4)c4cc5c(cc4c(-c4cccc6ccccc46)c3cc21)C(C)(C)c1cc(-c2ccc3ccccc3c2)ccc1-5. The van der Waals surface area contributed by atoms with Gasteiger partial charge in [-0.3, -0.25) is 0 Å². The van der Waals surface area contributed by atoms with Gasteiger partial charge in [0.05, 0.1) is 0 Å². The molecule has 2 aliphatic rings. The lowest BCUT2D eigenvalue weighted by Crippen LogP contribution is -2.15. The van der Waals surface area contributed by atoms with Crippen molar-refractivity contribution < 1.29 is 0 Å². The standard InChI is InChI=1S/C64H46/c1-63(2)57-24-13-12-22-48(57)51-35-53-55(37-59(51)63)62(50-23-14-20-42-18-10-11-21-47(42)50)56-38-60-52(36-54(56)61(53)43-28-25-41(26-29-43)39-15-6-5-7-16-39)49-32-31-46(34-58(49)64(60,3)4)45-30-27-40-17-8-9-19-44(40)33-45/h5-38H,1-4H3. The van der Waals surface area contributed by atoms with E-state index >= 15 is 0 Å². The van der Waals surface area contributed by atoms with E-state index in [9.17, 15) is 0 Å². The summed E-state index contributed by atoms with van der Waals surface area (Å²) in [7, 11) is 0. The minimum Gasteiger partial charge on any atom is -0.0622 e. The van der Waals surface area contributed by atoms with Gasteiger partial charge in [-0.15, -0.1) is 0 Å². The molecule has 0 N–H and O–H groups in total. The summed E-state index contributed by atoms with van der Waals surface area (Å²) in [5.41, 5.74) is 20.6. The van der Waals surface area contributed by atoms with Gasteiger partial charge in [0.25, 0.3) is 0 Å². The second-order valence-electron chi connectivity index (χ2n) is 19.2. The van der Waals surface area contributed by atoms with E-state index in [1.165, 1.54) is 132 Å². The highest BCUT2D eigenvalue weighted by molar-refractivity contribution is 6.25. The molecule has 11 aromatic carbocycles. The number of hydrogen-bond acceptors (Lipinski definition) is 0. The Labute approximate surface area is 375 Å². The van der Waals surface area contributed by atoms with E-state index in [0.29, 0.717) is 0 Å². The van der Waals surface area contributed by atoms with Gasteiger partial charge in [-0.2, -0.15) is 0 Å². The zero-order valence-electron chi connectivity index (χ0n) is 36.6. The van der Waals surface area contributed by atoms with E-state index in [2.05, 4.69) is 234 Å². The number of fused-ring (bicyclic) bond motifs is 10. The quantitative estimate of drug-likeness (QED) is 0.155. The van der Waals surface area contributed by atoms with E-state index in [1.54, 1.807) is 0 Å². The molecule has 0 heteroatoms. The van der Waals surface area contributed by atoms with Crippen molar-refractivity contribution in [3.05, 3.63) is 229 Å². The molecule has 0 nitrogen and oxygen atoms in total. The predicted octanol–water partition coefficient (Wildman–Crippen LogP) is 17.6. The summed E-state index contributed by atoms with van der Waals surface area (Å²) in [6.07, 6.45) is 0. The van der Waals surface area contributed by atoms with Crippen molar-refractivity contribution in [3.8, 4) is 66.8 Å².